The van der Waals surface area contributed by atoms with Gasteiger partial charge < -0.3 is 10.6 Å². The number of aryl methyl sites for hydroxylation is 1. The summed E-state index contributed by atoms with van der Waals surface area (Å²) in [6, 6.07) is 8.98. The first-order chi connectivity index (χ1) is 11.0. The summed E-state index contributed by atoms with van der Waals surface area (Å²) in [5.41, 5.74) is 2.56. The summed E-state index contributed by atoms with van der Waals surface area (Å²) in [6.45, 7) is 1.56. The van der Waals surface area contributed by atoms with Crippen LogP contribution in [0.5, 0.6) is 0 Å². The summed E-state index contributed by atoms with van der Waals surface area (Å²) in [6.07, 6.45) is 0.945. The van der Waals surface area contributed by atoms with Crippen LogP contribution in [0.4, 0.5) is 0 Å². The Bertz CT molecular complexity index is 533. The number of hydroxylamine groups is 1. The molecule has 1 aromatic rings. The molecule has 0 aliphatic rings. The lowest BCUT2D eigenvalue weighted by molar-refractivity contribution is -0.135. The first-order valence-electron chi connectivity index (χ1n) is 7.46. The van der Waals surface area contributed by atoms with Crippen LogP contribution >= 0.6 is 0 Å². The highest BCUT2D eigenvalue weighted by Gasteiger charge is 2.23. The molecule has 23 heavy (non-hydrogen) atoms. The van der Waals surface area contributed by atoms with Gasteiger partial charge in [0.05, 0.1) is 0 Å². The summed E-state index contributed by atoms with van der Waals surface area (Å²) >= 11 is 0. The van der Waals surface area contributed by atoms with Gasteiger partial charge >= 0.3 is 0 Å². The van der Waals surface area contributed by atoms with Gasteiger partial charge in [0.25, 0.3) is 0 Å². The van der Waals surface area contributed by atoms with Crippen LogP contribution < -0.4 is 16.1 Å². The van der Waals surface area contributed by atoms with Crippen molar-refractivity contribution in [3.8, 4) is 0 Å². The standard InChI is InChI=1S/C16H23N3O4/c1-11(10-14(20)19-23)15(21)18-13(16(22)17-2)9-8-12-6-4-3-5-7-12/h3-7,11,13,23H,8-10H2,1-2H3,(H,17,22)(H,18,21)(H,19,20). The van der Waals surface area contributed by atoms with E-state index in [9.17, 15) is 14.4 Å². The van der Waals surface area contributed by atoms with Crippen molar-refractivity contribution >= 4 is 17.7 Å². The third-order valence-corrected chi connectivity index (χ3v) is 3.51. The molecule has 126 valence electrons. The SMILES string of the molecule is CNC(=O)C(CCc1ccccc1)NC(=O)C(C)CC(=O)NO. The van der Waals surface area contributed by atoms with Gasteiger partial charge in [0.1, 0.15) is 6.04 Å². The Balaban J connectivity index is 2.62. The predicted molar refractivity (Wildman–Crippen MR) is 84.5 cm³/mol. The van der Waals surface area contributed by atoms with Crippen molar-refractivity contribution in [2.75, 3.05) is 7.05 Å². The van der Waals surface area contributed by atoms with Gasteiger partial charge in [-0.1, -0.05) is 37.3 Å². The van der Waals surface area contributed by atoms with E-state index in [0.717, 1.165) is 5.56 Å². The zero-order valence-electron chi connectivity index (χ0n) is 13.3. The molecule has 0 heterocycles. The number of amides is 3. The molecule has 0 saturated carbocycles. The monoisotopic (exact) mass is 321 g/mol. The Morgan fingerprint density at radius 2 is 1.78 bits per heavy atom. The van der Waals surface area contributed by atoms with Crippen LogP contribution in [0.3, 0.4) is 0 Å². The summed E-state index contributed by atoms with van der Waals surface area (Å²) < 4.78 is 0. The van der Waals surface area contributed by atoms with Crippen molar-refractivity contribution in [1.29, 1.82) is 0 Å². The zero-order valence-corrected chi connectivity index (χ0v) is 13.3. The van der Waals surface area contributed by atoms with Crippen LogP contribution in [0.15, 0.2) is 30.3 Å². The molecular formula is C16H23N3O4. The molecule has 0 aliphatic carbocycles. The number of hydrogen-bond donors (Lipinski definition) is 4. The van der Waals surface area contributed by atoms with Gasteiger partial charge in [-0.05, 0) is 18.4 Å². The summed E-state index contributed by atoms with van der Waals surface area (Å²) in [7, 11) is 1.51. The van der Waals surface area contributed by atoms with Crippen LogP contribution in [0.1, 0.15) is 25.3 Å². The smallest absolute Gasteiger partial charge is 0.244 e. The van der Waals surface area contributed by atoms with Crippen LogP contribution in [0.25, 0.3) is 0 Å². The molecular weight excluding hydrogens is 298 g/mol. The molecule has 7 nitrogen and oxygen atoms in total. The number of likely N-dealkylation sites (N-methyl/N-ethyl adjacent to an activating group) is 1. The van der Waals surface area contributed by atoms with Crippen LogP contribution in [0.2, 0.25) is 0 Å². The Morgan fingerprint density at radius 1 is 1.13 bits per heavy atom. The van der Waals surface area contributed by atoms with Crippen molar-refractivity contribution in [2.24, 2.45) is 5.92 Å². The number of carbonyl (C=O) groups is 3. The predicted octanol–water partition coefficient (Wildman–Crippen LogP) is 0.382. The van der Waals surface area contributed by atoms with Gasteiger partial charge in [-0.3, -0.25) is 19.6 Å². The highest BCUT2D eigenvalue weighted by Crippen LogP contribution is 2.08. The average Bonchev–Trinajstić information content (AvgIpc) is 2.58. The maximum absolute atomic E-state index is 12.1. The highest BCUT2D eigenvalue weighted by molar-refractivity contribution is 5.90. The number of hydrogen-bond acceptors (Lipinski definition) is 4. The van der Waals surface area contributed by atoms with Crippen LogP contribution in [-0.2, 0) is 20.8 Å². The van der Waals surface area contributed by atoms with E-state index < -0.39 is 23.8 Å². The minimum Gasteiger partial charge on any atom is -0.357 e. The largest absolute Gasteiger partial charge is 0.357 e. The fraction of sp³-hybridized carbons (Fsp3) is 0.438. The minimum atomic E-state index is -0.674. The number of benzene rings is 1. The molecule has 0 fully saturated rings. The van der Waals surface area contributed by atoms with E-state index >= 15 is 0 Å². The molecule has 1 rings (SSSR count). The first kappa shape index (κ1) is 18.6. The topological polar surface area (TPSA) is 108 Å². The Morgan fingerprint density at radius 3 is 2.35 bits per heavy atom. The van der Waals surface area contributed by atoms with E-state index in [2.05, 4.69) is 10.6 Å². The maximum atomic E-state index is 12.1. The van der Waals surface area contributed by atoms with E-state index in [0.29, 0.717) is 12.8 Å². The summed E-state index contributed by atoms with van der Waals surface area (Å²) in [5.74, 6) is -1.98. The molecule has 3 amide bonds. The molecule has 0 bridgehead atoms. The van der Waals surface area contributed by atoms with E-state index in [1.807, 2.05) is 30.3 Å². The van der Waals surface area contributed by atoms with E-state index in [-0.39, 0.29) is 12.3 Å². The lowest BCUT2D eigenvalue weighted by Gasteiger charge is -2.19. The van der Waals surface area contributed by atoms with E-state index in [1.165, 1.54) is 12.5 Å². The second kappa shape index (κ2) is 9.58. The molecule has 1 aromatic carbocycles. The van der Waals surface area contributed by atoms with Crippen LogP contribution in [-0.4, -0.2) is 36.0 Å². The van der Waals surface area contributed by atoms with Gasteiger partial charge in [-0.25, -0.2) is 5.48 Å². The molecule has 0 spiro atoms. The van der Waals surface area contributed by atoms with Gasteiger partial charge in [0, 0.05) is 19.4 Å². The first-order valence-corrected chi connectivity index (χ1v) is 7.46. The molecule has 7 heteroatoms. The third-order valence-electron chi connectivity index (χ3n) is 3.51. The van der Waals surface area contributed by atoms with Crippen molar-refractivity contribution in [3.05, 3.63) is 35.9 Å². The van der Waals surface area contributed by atoms with Crippen LogP contribution in [0, 0.1) is 5.92 Å². The highest BCUT2D eigenvalue weighted by atomic mass is 16.5. The normalized spacial score (nSPS) is 12.8. The quantitative estimate of drug-likeness (QED) is 0.410. The van der Waals surface area contributed by atoms with E-state index in [4.69, 9.17) is 5.21 Å². The molecule has 0 aromatic heterocycles. The number of rotatable bonds is 8. The Hall–Kier alpha value is -2.41. The van der Waals surface area contributed by atoms with Crippen molar-refractivity contribution in [2.45, 2.75) is 32.2 Å². The van der Waals surface area contributed by atoms with Gasteiger partial charge in [0.2, 0.25) is 17.7 Å². The molecule has 0 radical (unpaired) electrons. The number of carbonyl (C=O) groups excluding carboxylic acids is 3. The summed E-state index contributed by atoms with van der Waals surface area (Å²) in [5, 5.41) is 13.7. The average molecular weight is 321 g/mol. The number of nitrogens with one attached hydrogen (secondary N) is 3. The van der Waals surface area contributed by atoms with Crippen molar-refractivity contribution in [1.82, 2.24) is 16.1 Å². The molecule has 2 atom stereocenters. The second-order valence-corrected chi connectivity index (χ2v) is 5.34. The maximum Gasteiger partial charge on any atom is 0.244 e. The fourth-order valence-electron chi connectivity index (χ4n) is 2.13. The molecule has 0 aliphatic heterocycles. The summed E-state index contributed by atoms with van der Waals surface area (Å²) in [4.78, 5) is 35.1. The Kier molecular flexibility index (Phi) is 7.76. The second-order valence-electron chi connectivity index (χ2n) is 5.34. The fourth-order valence-corrected chi connectivity index (χ4v) is 2.13. The van der Waals surface area contributed by atoms with Gasteiger partial charge in [-0.15, -0.1) is 0 Å². The van der Waals surface area contributed by atoms with Gasteiger partial charge in [0.15, 0.2) is 0 Å². The molecule has 2 unspecified atom stereocenters. The van der Waals surface area contributed by atoms with Gasteiger partial charge in [-0.2, -0.15) is 0 Å². The van der Waals surface area contributed by atoms with Crippen molar-refractivity contribution in [3.63, 3.8) is 0 Å². The third kappa shape index (κ3) is 6.48. The zero-order chi connectivity index (χ0) is 17.2. The van der Waals surface area contributed by atoms with E-state index in [1.54, 1.807) is 6.92 Å². The molecule has 0 saturated heterocycles. The lowest BCUT2D eigenvalue weighted by atomic mass is 10.0. The Labute approximate surface area is 135 Å². The van der Waals surface area contributed by atoms with Crippen molar-refractivity contribution < 1.29 is 19.6 Å². The molecule has 4 N–H and O–H groups in total. The lowest BCUT2D eigenvalue weighted by Crippen LogP contribution is -2.48. The minimum absolute atomic E-state index is 0.151.